The normalized spacial score (nSPS) is 29.9. The molecule has 3 rings (SSSR count). The van der Waals surface area contributed by atoms with Crippen LogP contribution in [0.4, 0.5) is 5.82 Å². The Hall–Kier alpha value is -0.810. The van der Waals surface area contributed by atoms with Gasteiger partial charge in [-0.05, 0) is 37.5 Å². The Labute approximate surface area is 118 Å². The second-order valence-electron chi connectivity index (χ2n) is 5.51. The average molecular weight is 279 g/mol. The number of hydrogen-bond acceptors (Lipinski definition) is 5. The fraction of sp³-hybridized carbons (Fsp3) is 0.714. The number of nitrogens with one attached hydrogen (secondary N) is 1. The van der Waals surface area contributed by atoms with E-state index in [9.17, 15) is 5.11 Å². The van der Waals surface area contributed by atoms with E-state index in [0.29, 0.717) is 17.7 Å². The smallest absolute Gasteiger partial charge is 0.133 e. The second-order valence-corrected chi connectivity index (χ2v) is 6.99. The average Bonchev–Trinajstić information content (AvgIpc) is 3.26. The van der Waals surface area contributed by atoms with E-state index in [0.717, 1.165) is 30.2 Å². The lowest BCUT2D eigenvalue weighted by Crippen LogP contribution is -2.54. The summed E-state index contributed by atoms with van der Waals surface area (Å²) in [5, 5.41) is 14.2. The zero-order chi connectivity index (χ0) is 13.3. The molecule has 0 aromatic carbocycles. The van der Waals surface area contributed by atoms with Crippen LogP contribution in [0.5, 0.6) is 0 Å². The highest BCUT2D eigenvalue weighted by atomic mass is 32.2. The van der Waals surface area contributed by atoms with Crippen LogP contribution in [0.15, 0.2) is 12.3 Å². The number of hydrogen-bond donors (Lipinski definition) is 2. The fourth-order valence-electron chi connectivity index (χ4n) is 2.49. The molecular weight excluding hydrogens is 258 g/mol. The summed E-state index contributed by atoms with van der Waals surface area (Å²) >= 11 is 1.86. The summed E-state index contributed by atoms with van der Waals surface area (Å²) in [6, 6.07) is 1.88. The first kappa shape index (κ1) is 13.2. The van der Waals surface area contributed by atoms with Crippen LogP contribution in [-0.2, 0) is 0 Å². The van der Waals surface area contributed by atoms with Gasteiger partial charge in [-0.3, -0.25) is 0 Å². The van der Waals surface area contributed by atoms with Crippen molar-refractivity contribution in [3.63, 3.8) is 0 Å². The molecule has 2 aliphatic carbocycles. The summed E-state index contributed by atoms with van der Waals surface area (Å²) in [5.41, 5.74) is -0.564. The SMILES string of the molecule is CCSC1CCC1(O)CNc1ccnc(C2CC2)n1. The molecule has 2 aliphatic rings. The molecule has 5 heteroatoms. The number of aromatic nitrogens is 2. The molecule has 2 saturated carbocycles. The maximum absolute atomic E-state index is 10.5. The van der Waals surface area contributed by atoms with Gasteiger partial charge < -0.3 is 10.4 Å². The molecule has 0 amide bonds. The van der Waals surface area contributed by atoms with Gasteiger partial charge in [0.1, 0.15) is 11.6 Å². The Morgan fingerprint density at radius 1 is 1.47 bits per heavy atom. The van der Waals surface area contributed by atoms with Crippen LogP contribution >= 0.6 is 11.8 Å². The van der Waals surface area contributed by atoms with Crippen LogP contribution in [0.2, 0.25) is 0 Å². The molecule has 4 nitrogen and oxygen atoms in total. The number of anilines is 1. The topological polar surface area (TPSA) is 58.0 Å². The van der Waals surface area contributed by atoms with E-state index in [4.69, 9.17) is 0 Å². The maximum Gasteiger partial charge on any atom is 0.133 e. The minimum absolute atomic E-state index is 0.370. The van der Waals surface area contributed by atoms with Crippen molar-refractivity contribution in [1.29, 1.82) is 0 Å². The molecule has 0 bridgehead atoms. The molecule has 1 heterocycles. The Kier molecular flexibility index (Phi) is 3.67. The van der Waals surface area contributed by atoms with Crippen molar-refractivity contribution < 1.29 is 5.11 Å². The Morgan fingerprint density at radius 2 is 2.32 bits per heavy atom. The predicted octanol–water partition coefficient (Wildman–Crippen LogP) is 2.41. The predicted molar refractivity (Wildman–Crippen MR) is 78.6 cm³/mol. The third-order valence-corrected chi connectivity index (χ3v) is 5.41. The molecule has 2 N–H and O–H groups in total. The summed E-state index contributed by atoms with van der Waals surface area (Å²) in [7, 11) is 0. The van der Waals surface area contributed by atoms with Crippen molar-refractivity contribution in [2.45, 2.75) is 49.4 Å². The first-order valence-electron chi connectivity index (χ1n) is 7.12. The third-order valence-electron chi connectivity index (χ3n) is 4.00. The molecule has 1 aromatic rings. The van der Waals surface area contributed by atoms with E-state index in [1.807, 2.05) is 24.0 Å². The minimum atomic E-state index is -0.564. The quantitative estimate of drug-likeness (QED) is 0.837. The van der Waals surface area contributed by atoms with Gasteiger partial charge in [0.2, 0.25) is 0 Å². The van der Waals surface area contributed by atoms with Gasteiger partial charge in [0.05, 0.1) is 5.60 Å². The van der Waals surface area contributed by atoms with E-state index < -0.39 is 5.60 Å². The molecule has 0 saturated heterocycles. The fourth-order valence-corrected chi connectivity index (χ4v) is 3.69. The van der Waals surface area contributed by atoms with Crippen LogP contribution in [0.1, 0.15) is 44.3 Å². The Morgan fingerprint density at radius 3 is 2.95 bits per heavy atom. The van der Waals surface area contributed by atoms with Gasteiger partial charge >= 0.3 is 0 Å². The van der Waals surface area contributed by atoms with Crippen molar-refractivity contribution in [3.05, 3.63) is 18.1 Å². The molecule has 0 aliphatic heterocycles. The van der Waals surface area contributed by atoms with Gasteiger partial charge in [0.25, 0.3) is 0 Å². The highest BCUT2D eigenvalue weighted by Gasteiger charge is 2.45. The third kappa shape index (κ3) is 2.87. The first-order chi connectivity index (χ1) is 9.21. The van der Waals surface area contributed by atoms with Gasteiger partial charge in [-0.25, -0.2) is 9.97 Å². The lowest BCUT2D eigenvalue weighted by molar-refractivity contribution is -0.0120. The van der Waals surface area contributed by atoms with Crippen LogP contribution in [0.25, 0.3) is 0 Å². The van der Waals surface area contributed by atoms with E-state index in [-0.39, 0.29) is 0 Å². The number of aliphatic hydroxyl groups is 1. The molecule has 1 aromatic heterocycles. The summed E-state index contributed by atoms with van der Waals surface area (Å²) < 4.78 is 0. The van der Waals surface area contributed by atoms with Crippen LogP contribution in [0, 0.1) is 0 Å². The van der Waals surface area contributed by atoms with Gasteiger partial charge in [-0.15, -0.1) is 0 Å². The molecule has 0 radical (unpaired) electrons. The van der Waals surface area contributed by atoms with Crippen LogP contribution in [-0.4, -0.2) is 38.2 Å². The van der Waals surface area contributed by atoms with Gasteiger partial charge in [0.15, 0.2) is 0 Å². The second kappa shape index (κ2) is 5.29. The van der Waals surface area contributed by atoms with E-state index >= 15 is 0 Å². The van der Waals surface area contributed by atoms with Gasteiger partial charge in [0, 0.05) is 23.9 Å². The standard InChI is InChI=1S/C14H21N3OS/c1-2-19-11-5-7-14(11,18)9-16-12-6-8-15-13(17-12)10-3-4-10/h6,8,10-11,18H,2-5,7,9H2,1H3,(H,15,16,17). The number of rotatable bonds is 6. The van der Waals surface area contributed by atoms with Crippen molar-refractivity contribution in [3.8, 4) is 0 Å². The summed E-state index contributed by atoms with van der Waals surface area (Å²) in [4.78, 5) is 8.83. The maximum atomic E-state index is 10.5. The Bertz CT molecular complexity index is 452. The molecule has 0 spiro atoms. The molecule has 19 heavy (non-hydrogen) atoms. The highest BCUT2D eigenvalue weighted by Crippen LogP contribution is 2.41. The first-order valence-corrected chi connectivity index (χ1v) is 8.17. The van der Waals surface area contributed by atoms with E-state index in [1.165, 1.54) is 12.8 Å². The highest BCUT2D eigenvalue weighted by molar-refractivity contribution is 8.00. The van der Waals surface area contributed by atoms with Crippen molar-refractivity contribution >= 4 is 17.6 Å². The summed E-state index contributed by atoms with van der Waals surface area (Å²) in [6.45, 7) is 2.73. The molecule has 104 valence electrons. The van der Waals surface area contributed by atoms with Crippen molar-refractivity contribution in [2.75, 3.05) is 17.6 Å². The largest absolute Gasteiger partial charge is 0.387 e. The van der Waals surface area contributed by atoms with Crippen LogP contribution in [0.3, 0.4) is 0 Å². The van der Waals surface area contributed by atoms with Crippen LogP contribution < -0.4 is 5.32 Å². The van der Waals surface area contributed by atoms with E-state index in [1.54, 1.807) is 0 Å². The summed E-state index contributed by atoms with van der Waals surface area (Å²) in [5.74, 6) is 3.42. The van der Waals surface area contributed by atoms with Crippen molar-refractivity contribution in [2.24, 2.45) is 0 Å². The Balaban J connectivity index is 1.58. The molecule has 2 atom stereocenters. The van der Waals surface area contributed by atoms with E-state index in [2.05, 4.69) is 22.2 Å². The molecular formula is C14H21N3OS. The number of nitrogens with zero attached hydrogens (tertiary/aromatic N) is 2. The zero-order valence-electron chi connectivity index (χ0n) is 11.3. The lowest BCUT2D eigenvalue weighted by Gasteiger charge is -2.45. The summed E-state index contributed by atoms with van der Waals surface area (Å²) in [6.07, 6.45) is 6.24. The van der Waals surface area contributed by atoms with Gasteiger partial charge in [-0.1, -0.05) is 6.92 Å². The van der Waals surface area contributed by atoms with Gasteiger partial charge in [-0.2, -0.15) is 11.8 Å². The number of thioether (sulfide) groups is 1. The zero-order valence-corrected chi connectivity index (χ0v) is 12.1. The van der Waals surface area contributed by atoms with Crippen molar-refractivity contribution in [1.82, 2.24) is 9.97 Å². The monoisotopic (exact) mass is 279 g/mol. The molecule has 2 unspecified atom stereocenters. The minimum Gasteiger partial charge on any atom is -0.387 e. The lowest BCUT2D eigenvalue weighted by atomic mass is 9.79. The molecule has 2 fully saturated rings.